The molecule has 1 rings (SSSR count). The lowest BCUT2D eigenvalue weighted by atomic mass is 9.98. The second kappa shape index (κ2) is 8.52. The van der Waals surface area contributed by atoms with Crippen LogP contribution >= 0.6 is 0 Å². The normalized spacial score (nSPS) is 10.6. The summed E-state index contributed by atoms with van der Waals surface area (Å²) in [6.45, 7) is 6.73. The van der Waals surface area contributed by atoms with Crippen molar-refractivity contribution < 1.29 is 23.7 Å². The summed E-state index contributed by atoms with van der Waals surface area (Å²) in [5.74, 6) is 0.909. The van der Waals surface area contributed by atoms with Crippen LogP contribution in [0.5, 0.6) is 11.5 Å². The van der Waals surface area contributed by atoms with E-state index < -0.39 is 5.97 Å². The Balaban J connectivity index is 3.27. The first-order valence-electron chi connectivity index (χ1n) is 7.05. The molecule has 5 nitrogen and oxygen atoms in total. The summed E-state index contributed by atoms with van der Waals surface area (Å²) in [5.41, 5.74) is 1.33. The van der Waals surface area contributed by atoms with Gasteiger partial charge < -0.3 is 18.9 Å². The van der Waals surface area contributed by atoms with Gasteiger partial charge in [-0.15, -0.1) is 0 Å². The average molecular weight is 296 g/mol. The molecule has 0 aromatic heterocycles. The minimum atomic E-state index is -0.415. The highest BCUT2D eigenvalue weighted by Crippen LogP contribution is 2.34. The second-order valence-electron chi connectivity index (χ2n) is 4.93. The van der Waals surface area contributed by atoms with Crippen molar-refractivity contribution in [2.45, 2.75) is 33.1 Å². The van der Waals surface area contributed by atoms with Crippen LogP contribution in [0.25, 0.3) is 0 Å². The second-order valence-corrected chi connectivity index (χ2v) is 4.93. The van der Waals surface area contributed by atoms with Crippen molar-refractivity contribution >= 4 is 5.97 Å². The van der Waals surface area contributed by atoms with E-state index in [2.05, 4.69) is 0 Å². The summed E-state index contributed by atoms with van der Waals surface area (Å²) < 4.78 is 21.0. The molecule has 0 aliphatic carbocycles. The van der Waals surface area contributed by atoms with Gasteiger partial charge in [0.25, 0.3) is 0 Å². The standard InChI is InChI=1S/C16H24O5/c1-6-7-20-15-9-14(21-10-18-4)12(11(2)3)8-13(15)16(17)19-5/h8-9,11H,6-7,10H2,1-5H3. The third-order valence-electron chi connectivity index (χ3n) is 2.93. The minimum absolute atomic E-state index is 0.143. The van der Waals surface area contributed by atoms with E-state index in [1.165, 1.54) is 7.11 Å². The van der Waals surface area contributed by atoms with Gasteiger partial charge in [0.15, 0.2) is 6.79 Å². The van der Waals surface area contributed by atoms with Gasteiger partial charge in [-0.1, -0.05) is 20.8 Å². The Morgan fingerprint density at radius 3 is 2.38 bits per heavy atom. The van der Waals surface area contributed by atoms with Crippen LogP contribution in [0.1, 0.15) is 49.0 Å². The van der Waals surface area contributed by atoms with Crippen LogP contribution in [0.15, 0.2) is 12.1 Å². The lowest BCUT2D eigenvalue weighted by molar-refractivity contribution is 0.0499. The Morgan fingerprint density at radius 1 is 1.14 bits per heavy atom. The van der Waals surface area contributed by atoms with Crippen LogP contribution < -0.4 is 9.47 Å². The van der Waals surface area contributed by atoms with Crippen molar-refractivity contribution in [3.8, 4) is 11.5 Å². The van der Waals surface area contributed by atoms with Gasteiger partial charge in [-0.05, 0) is 24.0 Å². The molecule has 0 aliphatic heterocycles. The Morgan fingerprint density at radius 2 is 1.86 bits per heavy atom. The maximum Gasteiger partial charge on any atom is 0.341 e. The molecule has 118 valence electrons. The largest absolute Gasteiger partial charge is 0.493 e. The number of rotatable bonds is 8. The van der Waals surface area contributed by atoms with Crippen LogP contribution in [0.4, 0.5) is 0 Å². The Labute approximate surface area is 126 Å². The van der Waals surface area contributed by atoms with Crippen molar-refractivity contribution in [1.29, 1.82) is 0 Å². The number of methoxy groups -OCH3 is 2. The van der Waals surface area contributed by atoms with Gasteiger partial charge in [0.1, 0.15) is 17.1 Å². The fourth-order valence-corrected chi connectivity index (χ4v) is 1.88. The fraction of sp³-hybridized carbons (Fsp3) is 0.562. The molecular formula is C16H24O5. The predicted molar refractivity (Wildman–Crippen MR) is 80.2 cm³/mol. The zero-order chi connectivity index (χ0) is 15.8. The Hall–Kier alpha value is -1.75. The van der Waals surface area contributed by atoms with Crippen LogP contribution in [-0.4, -0.2) is 33.6 Å². The highest BCUT2D eigenvalue weighted by atomic mass is 16.7. The smallest absolute Gasteiger partial charge is 0.341 e. The van der Waals surface area contributed by atoms with Crippen LogP contribution in [0.2, 0.25) is 0 Å². The van der Waals surface area contributed by atoms with Gasteiger partial charge in [0.05, 0.1) is 13.7 Å². The van der Waals surface area contributed by atoms with E-state index in [1.54, 1.807) is 19.2 Å². The number of carbonyl (C=O) groups is 1. The summed E-state index contributed by atoms with van der Waals surface area (Å²) in [4.78, 5) is 11.9. The molecule has 1 aromatic carbocycles. The molecule has 0 amide bonds. The number of hydrogen-bond acceptors (Lipinski definition) is 5. The lowest BCUT2D eigenvalue weighted by Crippen LogP contribution is -2.10. The Bertz CT molecular complexity index is 468. The van der Waals surface area contributed by atoms with Gasteiger partial charge in [-0.3, -0.25) is 0 Å². The molecule has 0 radical (unpaired) electrons. The molecule has 0 unspecified atom stereocenters. The summed E-state index contributed by atoms with van der Waals surface area (Å²) in [7, 11) is 2.92. The fourth-order valence-electron chi connectivity index (χ4n) is 1.88. The summed E-state index contributed by atoms with van der Waals surface area (Å²) >= 11 is 0. The highest BCUT2D eigenvalue weighted by molar-refractivity contribution is 5.93. The summed E-state index contributed by atoms with van der Waals surface area (Å²) in [5, 5.41) is 0. The van der Waals surface area contributed by atoms with Crippen molar-refractivity contribution in [2.24, 2.45) is 0 Å². The van der Waals surface area contributed by atoms with Crippen LogP contribution in [-0.2, 0) is 9.47 Å². The number of esters is 1. The molecule has 0 spiro atoms. The monoisotopic (exact) mass is 296 g/mol. The van der Waals surface area contributed by atoms with Crippen molar-refractivity contribution in [3.05, 3.63) is 23.3 Å². The van der Waals surface area contributed by atoms with Crippen molar-refractivity contribution in [1.82, 2.24) is 0 Å². The van der Waals surface area contributed by atoms with E-state index in [4.69, 9.17) is 18.9 Å². The SMILES string of the molecule is CCCOc1cc(OCOC)c(C(C)C)cc1C(=O)OC. The number of carbonyl (C=O) groups excluding carboxylic acids is 1. The molecule has 0 saturated heterocycles. The number of benzene rings is 1. The Kier molecular flexibility index (Phi) is 7.02. The average Bonchev–Trinajstić information content (AvgIpc) is 2.49. The summed E-state index contributed by atoms with van der Waals surface area (Å²) in [6, 6.07) is 3.50. The first kappa shape index (κ1) is 17.3. The summed E-state index contributed by atoms with van der Waals surface area (Å²) in [6.07, 6.45) is 0.848. The van der Waals surface area contributed by atoms with Gasteiger partial charge in [0, 0.05) is 13.2 Å². The van der Waals surface area contributed by atoms with Crippen molar-refractivity contribution in [3.63, 3.8) is 0 Å². The highest BCUT2D eigenvalue weighted by Gasteiger charge is 2.19. The molecule has 1 aromatic rings. The van der Waals surface area contributed by atoms with Crippen LogP contribution in [0.3, 0.4) is 0 Å². The molecule has 0 atom stereocenters. The topological polar surface area (TPSA) is 54.0 Å². The zero-order valence-corrected chi connectivity index (χ0v) is 13.4. The predicted octanol–water partition coefficient (Wildman–Crippen LogP) is 3.37. The first-order chi connectivity index (χ1) is 10.0. The molecule has 21 heavy (non-hydrogen) atoms. The van der Waals surface area contributed by atoms with Gasteiger partial charge in [-0.25, -0.2) is 4.79 Å². The molecule has 0 saturated carbocycles. The maximum atomic E-state index is 11.9. The van der Waals surface area contributed by atoms with Gasteiger partial charge in [-0.2, -0.15) is 0 Å². The van der Waals surface area contributed by atoms with Crippen molar-refractivity contribution in [2.75, 3.05) is 27.6 Å². The van der Waals surface area contributed by atoms with Gasteiger partial charge in [0.2, 0.25) is 0 Å². The van der Waals surface area contributed by atoms with Crippen LogP contribution in [0, 0.1) is 0 Å². The van der Waals surface area contributed by atoms with E-state index in [0.717, 1.165) is 12.0 Å². The maximum absolute atomic E-state index is 11.9. The van der Waals surface area contributed by atoms with E-state index in [9.17, 15) is 4.79 Å². The third-order valence-corrected chi connectivity index (χ3v) is 2.93. The molecular weight excluding hydrogens is 272 g/mol. The first-order valence-corrected chi connectivity index (χ1v) is 7.05. The van der Waals surface area contributed by atoms with E-state index in [-0.39, 0.29) is 12.7 Å². The molecule has 0 aliphatic rings. The number of hydrogen-bond donors (Lipinski definition) is 0. The van der Waals surface area contributed by atoms with E-state index in [1.807, 2.05) is 20.8 Å². The molecule has 0 fully saturated rings. The minimum Gasteiger partial charge on any atom is -0.493 e. The zero-order valence-electron chi connectivity index (χ0n) is 13.4. The van der Waals surface area contributed by atoms with Gasteiger partial charge >= 0.3 is 5.97 Å². The van der Waals surface area contributed by atoms with E-state index in [0.29, 0.717) is 23.7 Å². The number of ether oxygens (including phenoxy) is 4. The molecule has 0 N–H and O–H groups in total. The molecule has 5 heteroatoms. The molecule has 0 bridgehead atoms. The lowest BCUT2D eigenvalue weighted by Gasteiger charge is -2.18. The quantitative estimate of drug-likeness (QED) is 0.544. The van der Waals surface area contributed by atoms with E-state index >= 15 is 0 Å². The molecule has 0 heterocycles. The third kappa shape index (κ3) is 4.63.